The molecule has 1 saturated carbocycles. The molecular formula is C10H19NO2. The monoisotopic (exact) mass is 185 g/mol. The number of ether oxygens (including phenoxy) is 1. The Morgan fingerprint density at radius 2 is 2.23 bits per heavy atom. The van der Waals surface area contributed by atoms with E-state index in [1.807, 2.05) is 0 Å². The van der Waals surface area contributed by atoms with Crippen molar-refractivity contribution in [3.63, 3.8) is 0 Å². The summed E-state index contributed by atoms with van der Waals surface area (Å²) < 4.78 is 5.09. The molecule has 0 aromatic rings. The summed E-state index contributed by atoms with van der Waals surface area (Å²) in [7, 11) is 0. The van der Waals surface area contributed by atoms with E-state index in [9.17, 15) is 4.79 Å². The molecule has 0 aromatic heterocycles. The average Bonchev–Trinajstić information content (AvgIpc) is 2.01. The van der Waals surface area contributed by atoms with E-state index in [1.54, 1.807) is 0 Å². The van der Waals surface area contributed by atoms with Crippen molar-refractivity contribution in [3.8, 4) is 0 Å². The van der Waals surface area contributed by atoms with Crippen LogP contribution in [-0.2, 0) is 9.53 Å². The molecule has 0 amide bonds. The molecule has 3 heteroatoms. The smallest absolute Gasteiger partial charge is 0.308 e. The SMILES string of the molecule is CCCNCCOC(=O)C1CCC1. The second-order valence-corrected chi connectivity index (χ2v) is 3.55. The molecule has 0 aromatic carbocycles. The van der Waals surface area contributed by atoms with Crippen molar-refractivity contribution in [2.24, 2.45) is 5.92 Å². The summed E-state index contributed by atoms with van der Waals surface area (Å²) in [6.45, 7) is 4.43. The summed E-state index contributed by atoms with van der Waals surface area (Å²) in [6, 6.07) is 0. The predicted octanol–water partition coefficient (Wildman–Crippen LogP) is 1.33. The van der Waals surface area contributed by atoms with Crippen LogP contribution in [0.1, 0.15) is 32.6 Å². The fourth-order valence-electron chi connectivity index (χ4n) is 1.29. The van der Waals surface area contributed by atoms with Gasteiger partial charge in [0.25, 0.3) is 0 Å². The molecule has 0 heterocycles. The van der Waals surface area contributed by atoms with Crippen LogP contribution in [0.15, 0.2) is 0 Å². The van der Waals surface area contributed by atoms with E-state index in [-0.39, 0.29) is 11.9 Å². The Bertz CT molecular complexity index is 155. The summed E-state index contributed by atoms with van der Waals surface area (Å²) in [5.41, 5.74) is 0. The van der Waals surface area contributed by atoms with Crippen molar-refractivity contribution in [1.82, 2.24) is 5.32 Å². The lowest BCUT2D eigenvalue weighted by atomic mass is 9.86. The number of carbonyl (C=O) groups is 1. The standard InChI is InChI=1S/C10H19NO2/c1-2-6-11-7-8-13-10(12)9-4-3-5-9/h9,11H,2-8H2,1H3. The Morgan fingerprint density at radius 3 is 2.77 bits per heavy atom. The van der Waals surface area contributed by atoms with Crippen LogP contribution in [0.2, 0.25) is 0 Å². The van der Waals surface area contributed by atoms with E-state index in [1.165, 1.54) is 6.42 Å². The third kappa shape index (κ3) is 3.77. The van der Waals surface area contributed by atoms with Crippen LogP contribution in [0.3, 0.4) is 0 Å². The van der Waals surface area contributed by atoms with Crippen LogP contribution < -0.4 is 5.32 Å². The molecule has 3 nitrogen and oxygen atoms in total. The third-order valence-corrected chi connectivity index (χ3v) is 2.39. The fraction of sp³-hybridized carbons (Fsp3) is 0.900. The molecule has 0 aliphatic heterocycles. The first kappa shape index (κ1) is 10.5. The summed E-state index contributed by atoms with van der Waals surface area (Å²) in [4.78, 5) is 11.2. The Hall–Kier alpha value is -0.570. The summed E-state index contributed by atoms with van der Waals surface area (Å²) in [5.74, 6) is 0.218. The lowest BCUT2D eigenvalue weighted by molar-refractivity contribution is -0.151. The highest BCUT2D eigenvalue weighted by Gasteiger charge is 2.26. The molecule has 0 unspecified atom stereocenters. The van der Waals surface area contributed by atoms with Gasteiger partial charge in [-0.05, 0) is 25.8 Å². The molecular weight excluding hydrogens is 166 g/mol. The van der Waals surface area contributed by atoms with Crippen LogP contribution in [-0.4, -0.2) is 25.7 Å². The Morgan fingerprint density at radius 1 is 1.46 bits per heavy atom. The highest BCUT2D eigenvalue weighted by molar-refractivity contribution is 5.73. The van der Waals surface area contributed by atoms with Gasteiger partial charge in [-0.3, -0.25) is 4.79 Å². The Labute approximate surface area is 79.8 Å². The molecule has 1 aliphatic rings. The zero-order valence-electron chi connectivity index (χ0n) is 8.34. The first-order valence-electron chi connectivity index (χ1n) is 5.22. The van der Waals surface area contributed by atoms with Gasteiger partial charge in [-0.2, -0.15) is 0 Å². The van der Waals surface area contributed by atoms with Gasteiger partial charge in [-0.25, -0.2) is 0 Å². The number of hydrogen-bond donors (Lipinski definition) is 1. The van der Waals surface area contributed by atoms with Gasteiger partial charge in [0, 0.05) is 6.54 Å². The molecule has 0 spiro atoms. The van der Waals surface area contributed by atoms with Crippen LogP contribution in [0.5, 0.6) is 0 Å². The van der Waals surface area contributed by atoms with Gasteiger partial charge in [-0.15, -0.1) is 0 Å². The molecule has 1 rings (SSSR count). The van der Waals surface area contributed by atoms with Crippen molar-refractivity contribution < 1.29 is 9.53 Å². The maximum atomic E-state index is 11.2. The fourth-order valence-corrected chi connectivity index (χ4v) is 1.29. The van der Waals surface area contributed by atoms with Gasteiger partial charge in [0.1, 0.15) is 6.61 Å². The van der Waals surface area contributed by atoms with Crippen molar-refractivity contribution in [3.05, 3.63) is 0 Å². The van der Waals surface area contributed by atoms with Gasteiger partial charge in [0.15, 0.2) is 0 Å². The van der Waals surface area contributed by atoms with Gasteiger partial charge in [0.05, 0.1) is 5.92 Å². The molecule has 1 aliphatic carbocycles. The average molecular weight is 185 g/mol. The minimum absolute atomic E-state index is 0.00421. The quantitative estimate of drug-likeness (QED) is 0.501. The molecule has 0 saturated heterocycles. The van der Waals surface area contributed by atoms with Crippen molar-refractivity contribution in [2.45, 2.75) is 32.6 Å². The van der Waals surface area contributed by atoms with E-state index in [2.05, 4.69) is 12.2 Å². The molecule has 0 bridgehead atoms. The van der Waals surface area contributed by atoms with Crippen molar-refractivity contribution in [1.29, 1.82) is 0 Å². The maximum absolute atomic E-state index is 11.2. The van der Waals surface area contributed by atoms with Crippen molar-refractivity contribution in [2.75, 3.05) is 19.7 Å². The van der Waals surface area contributed by atoms with Gasteiger partial charge >= 0.3 is 5.97 Å². The highest BCUT2D eigenvalue weighted by atomic mass is 16.5. The molecule has 0 radical (unpaired) electrons. The first-order chi connectivity index (χ1) is 6.34. The lowest BCUT2D eigenvalue weighted by Gasteiger charge is -2.23. The highest BCUT2D eigenvalue weighted by Crippen LogP contribution is 2.27. The van der Waals surface area contributed by atoms with Crippen LogP contribution >= 0.6 is 0 Å². The molecule has 0 atom stereocenters. The Kier molecular flexibility index (Phi) is 4.83. The third-order valence-electron chi connectivity index (χ3n) is 2.39. The minimum atomic E-state index is 0.00421. The molecule has 76 valence electrons. The van der Waals surface area contributed by atoms with E-state index >= 15 is 0 Å². The molecule has 1 fully saturated rings. The predicted molar refractivity (Wildman–Crippen MR) is 51.5 cm³/mol. The summed E-state index contributed by atoms with van der Waals surface area (Å²) in [6.07, 6.45) is 4.37. The molecule has 13 heavy (non-hydrogen) atoms. The van der Waals surface area contributed by atoms with E-state index in [4.69, 9.17) is 4.74 Å². The number of hydrogen-bond acceptors (Lipinski definition) is 3. The van der Waals surface area contributed by atoms with Gasteiger partial charge in [0.2, 0.25) is 0 Å². The van der Waals surface area contributed by atoms with E-state index in [0.29, 0.717) is 6.61 Å². The van der Waals surface area contributed by atoms with E-state index in [0.717, 1.165) is 32.4 Å². The second-order valence-electron chi connectivity index (χ2n) is 3.55. The Balaban J connectivity index is 1.89. The minimum Gasteiger partial charge on any atom is -0.464 e. The maximum Gasteiger partial charge on any atom is 0.308 e. The molecule has 1 N–H and O–H groups in total. The number of rotatable bonds is 6. The van der Waals surface area contributed by atoms with Gasteiger partial charge in [-0.1, -0.05) is 13.3 Å². The normalized spacial score (nSPS) is 16.7. The zero-order valence-corrected chi connectivity index (χ0v) is 8.34. The zero-order chi connectivity index (χ0) is 9.52. The topological polar surface area (TPSA) is 38.3 Å². The second kappa shape index (κ2) is 5.97. The lowest BCUT2D eigenvalue weighted by Crippen LogP contribution is -2.28. The van der Waals surface area contributed by atoms with Crippen molar-refractivity contribution >= 4 is 5.97 Å². The van der Waals surface area contributed by atoms with Crippen LogP contribution in [0.4, 0.5) is 0 Å². The van der Waals surface area contributed by atoms with Gasteiger partial charge < -0.3 is 10.1 Å². The van der Waals surface area contributed by atoms with Crippen LogP contribution in [0, 0.1) is 5.92 Å². The first-order valence-corrected chi connectivity index (χ1v) is 5.22. The number of esters is 1. The number of carbonyl (C=O) groups excluding carboxylic acids is 1. The summed E-state index contributed by atoms with van der Waals surface area (Å²) in [5, 5.41) is 3.19. The van der Waals surface area contributed by atoms with E-state index < -0.39 is 0 Å². The number of nitrogens with one attached hydrogen (secondary N) is 1. The van der Waals surface area contributed by atoms with Crippen LogP contribution in [0.25, 0.3) is 0 Å². The largest absolute Gasteiger partial charge is 0.464 e. The summed E-state index contributed by atoms with van der Waals surface area (Å²) >= 11 is 0.